The Morgan fingerprint density at radius 1 is 1.12 bits per heavy atom. The fourth-order valence-electron chi connectivity index (χ4n) is 4.66. The first kappa shape index (κ1) is 23.9. The molecule has 2 aliphatic rings. The number of nitrogens with zero attached hydrogens (tertiary/aromatic N) is 3. The Kier molecular flexibility index (Phi) is 6.22. The summed E-state index contributed by atoms with van der Waals surface area (Å²) in [6.07, 6.45) is -4.66. The highest BCUT2D eigenvalue weighted by Gasteiger charge is 2.38. The second-order valence-corrected chi connectivity index (χ2v) is 9.55. The largest absolute Gasteiger partial charge is 0.491 e. The minimum Gasteiger partial charge on any atom is -0.491 e. The van der Waals surface area contributed by atoms with Gasteiger partial charge in [-0.15, -0.1) is 0 Å². The van der Waals surface area contributed by atoms with Gasteiger partial charge in [-0.1, -0.05) is 18.2 Å². The molecule has 2 heterocycles. The van der Waals surface area contributed by atoms with Crippen LogP contribution in [0, 0.1) is 0 Å². The predicted octanol–water partition coefficient (Wildman–Crippen LogP) is 5.36. The van der Waals surface area contributed by atoms with E-state index in [1.165, 1.54) is 17.0 Å². The van der Waals surface area contributed by atoms with Crippen LogP contribution < -0.4 is 4.74 Å². The molecule has 182 valence electrons. The Bertz CT molecular complexity index is 1090. The molecule has 1 fully saturated rings. The molecule has 0 radical (unpaired) electrons. The second-order valence-electron chi connectivity index (χ2n) is 9.55. The monoisotopic (exact) mass is 475 g/mol. The lowest BCUT2D eigenvalue weighted by Crippen LogP contribution is -2.52. The molecule has 0 aromatic heterocycles. The number of fused-ring (bicyclic) bond motifs is 1. The summed E-state index contributed by atoms with van der Waals surface area (Å²) in [6, 6.07) is 10.4. The van der Waals surface area contributed by atoms with Crippen LogP contribution in [0.3, 0.4) is 0 Å². The summed E-state index contributed by atoms with van der Waals surface area (Å²) in [6.45, 7) is 7.67. The molecule has 2 aromatic carbocycles. The maximum atomic E-state index is 13.0. The first-order valence-corrected chi connectivity index (χ1v) is 11.2. The molecule has 1 amide bonds. The van der Waals surface area contributed by atoms with Crippen LogP contribution in [0.15, 0.2) is 47.5 Å². The lowest BCUT2D eigenvalue weighted by Gasteiger charge is -2.38. The molecular formula is C25H28F3N3O3. The van der Waals surface area contributed by atoms with E-state index in [4.69, 9.17) is 9.73 Å². The molecule has 1 saturated heterocycles. The standard InChI is InChI=1S/C25H28F3N3O3/c1-24(2,3)31(23(32)33)19-10-12-30(15-19)22-20-14-17(6-9-21(20)34-13-11-29-22)16-4-7-18(8-5-16)25(26,27)28/h4-9,14,19H,10-13,15H2,1-3H3,(H,32,33). The van der Waals surface area contributed by atoms with Crippen molar-refractivity contribution in [3.63, 3.8) is 0 Å². The smallest absolute Gasteiger partial charge is 0.416 e. The third-order valence-electron chi connectivity index (χ3n) is 6.13. The number of amidine groups is 1. The number of alkyl halides is 3. The molecule has 1 unspecified atom stereocenters. The van der Waals surface area contributed by atoms with E-state index >= 15 is 0 Å². The van der Waals surface area contributed by atoms with Gasteiger partial charge in [-0.25, -0.2) is 4.79 Å². The zero-order valence-electron chi connectivity index (χ0n) is 19.4. The summed E-state index contributed by atoms with van der Waals surface area (Å²) in [4.78, 5) is 20.3. The molecule has 2 aromatic rings. The normalized spacial score (nSPS) is 18.6. The van der Waals surface area contributed by atoms with E-state index in [0.29, 0.717) is 44.0 Å². The van der Waals surface area contributed by atoms with Crippen LogP contribution in [0.5, 0.6) is 5.75 Å². The molecule has 9 heteroatoms. The highest BCUT2D eigenvalue weighted by atomic mass is 19.4. The van der Waals surface area contributed by atoms with Crippen molar-refractivity contribution in [1.82, 2.24) is 9.80 Å². The Labute approximate surface area is 196 Å². The van der Waals surface area contributed by atoms with Crippen molar-refractivity contribution < 1.29 is 27.8 Å². The number of rotatable bonds is 2. The summed E-state index contributed by atoms with van der Waals surface area (Å²) in [5.41, 5.74) is 0.940. The van der Waals surface area contributed by atoms with Gasteiger partial charge in [0.15, 0.2) is 0 Å². The van der Waals surface area contributed by atoms with Crippen LogP contribution in [-0.4, -0.2) is 64.7 Å². The van der Waals surface area contributed by atoms with E-state index < -0.39 is 23.4 Å². The molecular weight excluding hydrogens is 447 g/mol. The van der Waals surface area contributed by atoms with Gasteiger partial charge in [0.1, 0.15) is 18.2 Å². The quantitative estimate of drug-likeness (QED) is 0.635. The van der Waals surface area contributed by atoms with Crippen molar-refractivity contribution in [2.75, 3.05) is 26.2 Å². The lowest BCUT2D eigenvalue weighted by atomic mass is 10.00. The van der Waals surface area contributed by atoms with Crippen molar-refractivity contribution >= 4 is 11.9 Å². The maximum Gasteiger partial charge on any atom is 0.416 e. The Balaban J connectivity index is 1.64. The van der Waals surface area contributed by atoms with Crippen molar-refractivity contribution in [2.24, 2.45) is 4.99 Å². The number of carboxylic acid groups (broad SMARTS) is 1. The minimum absolute atomic E-state index is 0.175. The van der Waals surface area contributed by atoms with Gasteiger partial charge in [0.2, 0.25) is 0 Å². The zero-order valence-corrected chi connectivity index (χ0v) is 19.4. The van der Waals surface area contributed by atoms with E-state index in [1.54, 1.807) is 0 Å². The van der Waals surface area contributed by atoms with E-state index in [0.717, 1.165) is 29.1 Å². The van der Waals surface area contributed by atoms with Crippen LogP contribution in [0.4, 0.5) is 18.0 Å². The van der Waals surface area contributed by atoms with Gasteiger partial charge in [0.05, 0.1) is 23.7 Å². The molecule has 0 bridgehead atoms. The number of carbonyl (C=O) groups is 1. The Morgan fingerprint density at radius 3 is 2.41 bits per heavy atom. The van der Waals surface area contributed by atoms with E-state index in [1.807, 2.05) is 39.0 Å². The number of likely N-dealkylation sites (tertiary alicyclic amines) is 1. The molecule has 6 nitrogen and oxygen atoms in total. The van der Waals surface area contributed by atoms with Gasteiger partial charge in [-0.2, -0.15) is 13.2 Å². The SMILES string of the molecule is CC(C)(C)N(C(=O)O)C1CCN(C2=NCCOc3ccc(-c4ccc(C(F)(F)F)cc4)cc32)C1. The number of aliphatic imine (C=N–C) groups is 1. The summed E-state index contributed by atoms with van der Waals surface area (Å²) >= 11 is 0. The summed E-state index contributed by atoms with van der Waals surface area (Å²) in [7, 11) is 0. The van der Waals surface area contributed by atoms with Crippen molar-refractivity contribution in [3.8, 4) is 16.9 Å². The van der Waals surface area contributed by atoms with Gasteiger partial charge >= 0.3 is 12.3 Å². The number of hydrogen-bond acceptors (Lipinski definition) is 4. The number of halogens is 3. The van der Waals surface area contributed by atoms with E-state index in [2.05, 4.69) is 4.90 Å². The van der Waals surface area contributed by atoms with E-state index in [9.17, 15) is 23.1 Å². The average Bonchev–Trinajstić information content (AvgIpc) is 3.10. The summed E-state index contributed by atoms with van der Waals surface area (Å²) < 4.78 is 44.7. The van der Waals surface area contributed by atoms with Gasteiger partial charge < -0.3 is 14.7 Å². The highest BCUT2D eigenvalue weighted by Crippen LogP contribution is 2.34. The number of ether oxygens (including phenoxy) is 1. The lowest BCUT2D eigenvalue weighted by molar-refractivity contribution is -0.137. The molecule has 2 aliphatic heterocycles. The first-order chi connectivity index (χ1) is 15.9. The topological polar surface area (TPSA) is 65.4 Å². The van der Waals surface area contributed by atoms with Crippen LogP contribution in [0.25, 0.3) is 11.1 Å². The van der Waals surface area contributed by atoms with Gasteiger partial charge in [-0.05, 0) is 62.6 Å². The van der Waals surface area contributed by atoms with Crippen LogP contribution in [0.1, 0.15) is 38.3 Å². The first-order valence-electron chi connectivity index (χ1n) is 11.2. The molecule has 1 atom stereocenters. The van der Waals surface area contributed by atoms with Gasteiger partial charge in [0, 0.05) is 18.6 Å². The van der Waals surface area contributed by atoms with Crippen molar-refractivity contribution in [3.05, 3.63) is 53.6 Å². The molecule has 34 heavy (non-hydrogen) atoms. The Hall–Kier alpha value is -3.23. The van der Waals surface area contributed by atoms with Crippen LogP contribution >= 0.6 is 0 Å². The second kappa shape index (κ2) is 8.85. The van der Waals surface area contributed by atoms with Crippen molar-refractivity contribution in [2.45, 2.75) is 44.9 Å². The summed E-state index contributed by atoms with van der Waals surface area (Å²) in [5, 5.41) is 9.79. The number of benzene rings is 2. The average molecular weight is 476 g/mol. The minimum atomic E-state index is -4.39. The molecule has 0 saturated carbocycles. The Morgan fingerprint density at radius 2 is 1.79 bits per heavy atom. The van der Waals surface area contributed by atoms with Gasteiger partial charge in [0.25, 0.3) is 0 Å². The molecule has 0 spiro atoms. The summed E-state index contributed by atoms with van der Waals surface area (Å²) in [5.74, 6) is 1.38. The van der Waals surface area contributed by atoms with Crippen molar-refractivity contribution in [1.29, 1.82) is 0 Å². The molecule has 4 rings (SSSR count). The highest BCUT2D eigenvalue weighted by molar-refractivity contribution is 6.02. The van der Waals surface area contributed by atoms with E-state index in [-0.39, 0.29) is 6.04 Å². The fraction of sp³-hybridized carbons (Fsp3) is 0.440. The predicted molar refractivity (Wildman–Crippen MR) is 123 cm³/mol. The van der Waals surface area contributed by atoms with Gasteiger partial charge in [-0.3, -0.25) is 9.89 Å². The number of hydrogen-bond donors (Lipinski definition) is 1. The third-order valence-corrected chi connectivity index (χ3v) is 6.13. The fourth-order valence-corrected chi connectivity index (χ4v) is 4.66. The van der Waals surface area contributed by atoms with Crippen LogP contribution in [-0.2, 0) is 6.18 Å². The molecule has 1 N–H and O–H groups in total. The maximum absolute atomic E-state index is 13.0. The van der Waals surface area contributed by atoms with Crippen LogP contribution in [0.2, 0.25) is 0 Å². The zero-order chi connectivity index (χ0) is 24.7. The third kappa shape index (κ3) is 4.83. The molecule has 0 aliphatic carbocycles. The number of amides is 1.